The minimum Gasteiger partial charge on any atom is -0.311 e. The summed E-state index contributed by atoms with van der Waals surface area (Å²) in [6.45, 7) is 6.34. The van der Waals surface area contributed by atoms with E-state index in [0.29, 0.717) is 12.0 Å². The molecule has 102 valence electrons. The van der Waals surface area contributed by atoms with Gasteiger partial charge in [-0.1, -0.05) is 31.5 Å². The molecule has 1 aromatic carbocycles. The predicted octanol–water partition coefficient (Wildman–Crippen LogP) is 3.78. The van der Waals surface area contributed by atoms with E-state index in [4.69, 9.17) is 11.6 Å². The van der Waals surface area contributed by atoms with Crippen molar-refractivity contribution in [2.45, 2.75) is 26.4 Å². The molecule has 1 N–H and O–H groups in total. The summed E-state index contributed by atoms with van der Waals surface area (Å²) >= 11 is 9.47. The fourth-order valence-electron chi connectivity index (χ4n) is 2.03. The Labute approximate surface area is 124 Å². The maximum Gasteiger partial charge on any atom is 0.0551 e. The van der Waals surface area contributed by atoms with E-state index in [1.165, 1.54) is 5.56 Å². The van der Waals surface area contributed by atoms with Crippen LogP contribution in [0.2, 0.25) is 5.02 Å². The fourth-order valence-corrected chi connectivity index (χ4v) is 2.48. The molecule has 1 rings (SSSR count). The van der Waals surface area contributed by atoms with Gasteiger partial charge in [-0.3, -0.25) is 0 Å². The third-order valence-electron chi connectivity index (χ3n) is 3.10. The monoisotopic (exact) mass is 332 g/mol. The lowest BCUT2D eigenvalue weighted by Crippen LogP contribution is -2.41. The van der Waals surface area contributed by atoms with Crippen LogP contribution in [0.5, 0.6) is 0 Å². The van der Waals surface area contributed by atoms with E-state index >= 15 is 0 Å². The molecule has 0 aliphatic heterocycles. The summed E-state index contributed by atoms with van der Waals surface area (Å²) < 4.78 is 0.946. The lowest BCUT2D eigenvalue weighted by Gasteiger charge is -2.28. The van der Waals surface area contributed by atoms with Gasteiger partial charge in [0.2, 0.25) is 0 Å². The Bertz CT molecular complexity index is 372. The number of nitrogens with one attached hydrogen (secondary N) is 1. The van der Waals surface area contributed by atoms with E-state index in [0.717, 1.165) is 22.6 Å². The minimum absolute atomic E-state index is 0.552. The van der Waals surface area contributed by atoms with Crippen LogP contribution in [0.4, 0.5) is 0 Å². The van der Waals surface area contributed by atoms with Crippen molar-refractivity contribution in [1.29, 1.82) is 0 Å². The molecule has 2 nitrogen and oxygen atoms in total. The molecule has 0 aromatic heterocycles. The molecule has 0 bridgehead atoms. The predicted molar refractivity (Wildman–Crippen MR) is 83.2 cm³/mol. The topological polar surface area (TPSA) is 15.3 Å². The van der Waals surface area contributed by atoms with Crippen LogP contribution in [0.25, 0.3) is 0 Å². The largest absolute Gasteiger partial charge is 0.311 e. The lowest BCUT2D eigenvalue weighted by atomic mass is 10.0. The van der Waals surface area contributed by atoms with Gasteiger partial charge in [0.05, 0.1) is 5.02 Å². The average molecular weight is 334 g/mol. The summed E-state index contributed by atoms with van der Waals surface area (Å²) in [5.41, 5.74) is 1.21. The minimum atomic E-state index is 0.552. The smallest absolute Gasteiger partial charge is 0.0551 e. The standard InChI is InChI=1S/C14H22BrClN2/c1-10(2)14(18(3)4)9-17-8-11-5-6-12(15)13(16)7-11/h5-7,10,14,17H,8-9H2,1-4H3. The second-order valence-corrected chi connectivity index (χ2v) is 6.42. The van der Waals surface area contributed by atoms with Crippen LogP contribution in [0, 0.1) is 5.92 Å². The first-order valence-corrected chi connectivity index (χ1v) is 7.40. The van der Waals surface area contributed by atoms with Gasteiger partial charge in [-0.15, -0.1) is 0 Å². The Morgan fingerprint density at radius 2 is 2.00 bits per heavy atom. The maximum absolute atomic E-state index is 6.07. The first-order chi connectivity index (χ1) is 8.41. The number of nitrogens with zero attached hydrogens (tertiary/aromatic N) is 1. The van der Waals surface area contributed by atoms with Gasteiger partial charge in [0.15, 0.2) is 0 Å². The van der Waals surface area contributed by atoms with Crippen molar-refractivity contribution < 1.29 is 0 Å². The van der Waals surface area contributed by atoms with Crippen molar-refractivity contribution in [1.82, 2.24) is 10.2 Å². The molecule has 0 spiro atoms. The van der Waals surface area contributed by atoms with Crippen molar-refractivity contribution >= 4 is 27.5 Å². The number of halogens is 2. The van der Waals surface area contributed by atoms with Crippen LogP contribution in [0.15, 0.2) is 22.7 Å². The summed E-state index contributed by atoms with van der Waals surface area (Å²) in [6.07, 6.45) is 0. The summed E-state index contributed by atoms with van der Waals surface area (Å²) in [5.74, 6) is 0.640. The molecule has 0 aliphatic carbocycles. The SMILES string of the molecule is CC(C)C(CNCc1ccc(Br)c(Cl)c1)N(C)C. The lowest BCUT2D eigenvalue weighted by molar-refractivity contribution is 0.224. The Kier molecular flexibility index (Phi) is 6.64. The van der Waals surface area contributed by atoms with Gasteiger partial charge in [0.1, 0.15) is 0 Å². The Morgan fingerprint density at radius 3 is 2.50 bits per heavy atom. The highest BCUT2D eigenvalue weighted by Gasteiger charge is 2.14. The van der Waals surface area contributed by atoms with Crippen molar-refractivity contribution in [2.24, 2.45) is 5.92 Å². The zero-order chi connectivity index (χ0) is 13.7. The molecule has 18 heavy (non-hydrogen) atoms. The van der Waals surface area contributed by atoms with Gasteiger partial charge in [-0.2, -0.15) is 0 Å². The highest BCUT2D eigenvalue weighted by molar-refractivity contribution is 9.10. The van der Waals surface area contributed by atoms with Crippen LogP contribution in [-0.4, -0.2) is 31.6 Å². The molecule has 0 saturated carbocycles. The molecule has 1 atom stereocenters. The van der Waals surface area contributed by atoms with E-state index in [1.807, 2.05) is 12.1 Å². The molecule has 0 heterocycles. The van der Waals surface area contributed by atoms with Crippen LogP contribution in [-0.2, 0) is 6.54 Å². The van der Waals surface area contributed by atoms with Crippen LogP contribution in [0.1, 0.15) is 19.4 Å². The van der Waals surface area contributed by atoms with Crippen molar-refractivity contribution in [3.63, 3.8) is 0 Å². The van der Waals surface area contributed by atoms with Crippen molar-refractivity contribution in [3.8, 4) is 0 Å². The molecule has 1 aromatic rings. The molecule has 0 radical (unpaired) electrons. The van der Waals surface area contributed by atoms with Gasteiger partial charge in [0.25, 0.3) is 0 Å². The van der Waals surface area contributed by atoms with Crippen molar-refractivity contribution in [2.75, 3.05) is 20.6 Å². The fraction of sp³-hybridized carbons (Fsp3) is 0.571. The zero-order valence-electron chi connectivity index (χ0n) is 11.5. The van der Waals surface area contributed by atoms with E-state index in [-0.39, 0.29) is 0 Å². The third-order valence-corrected chi connectivity index (χ3v) is 4.33. The first-order valence-electron chi connectivity index (χ1n) is 6.23. The van der Waals surface area contributed by atoms with Gasteiger partial charge >= 0.3 is 0 Å². The van der Waals surface area contributed by atoms with E-state index in [1.54, 1.807) is 0 Å². The molecule has 0 amide bonds. The molecule has 0 fully saturated rings. The van der Waals surface area contributed by atoms with E-state index in [9.17, 15) is 0 Å². The number of benzene rings is 1. The molecule has 0 saturated heterocycles. The molecule has 4 heteroatoms. The Morgan fingerprint density at radius 1 is 1.33 bits per heavy atom. The Balaban J connectivity index is 2.47. The molecular formula is C14H22BrClN2. The zero-order valence-corrected chi connectivity index (χ0v) is 13.8. The summed E-state index contributed by atoms with van der Waals surface area (Å²) in [6, 6.07) is 6.63. The Hall–Kier alpha value is -0.0900. The molecule has 0 aliphatic rings. The summed E-state index contributed by atoms with van der Waals surface area (Å²) in [7, 11) is 4.26. The van der Waals surface area contributed by atoms with Crippen LogP contribution >= 0.6 is 27.5 Å². The average Bonchev–Trinajstić information content (AvgIpc) is 2.28. The number of hydrogen-bond donors (Lipinski definition) is 1. The third kappa shape index (κ3) is 4.88. The first kappa shape index (κ1) is 16.0. The summed E-state index contributed by atoms with van der Waals surface area (Å²) in [5, 5.41) is 4.26. The van der Waals surface area contributed by atoms with E-state index in [2.05, 4.69) is 60.2 Å². The van der Waals surface area contributed by atoms with Crippen molar-refractivity contribution in [3.05, 3.63) is 33.3 Å². The van der Waals surface area contributed by atoms with Gasteiger partial charge in [-0.05, 0) is 53.6 Å². The summed E-state index contributed by atoms with van der Waals surface area (Å²) in [4.78, 5) is 2.27. The van der Waals surface area contributed by atoms with E-state index < -0.39 is 0 Å². The highest BCUT2D eigenvalue weighted by Crippen LogP contribution is 2.23. The second kappa shape index (κ2) is 7.49. The van der Waals surface area contributed by atoms with Gasteiger partial charge in [0, 0.05) is 23.6 Å². The van der Waals surface area contributed by atoms with Crippen LogP contribution in [0.3, 0.4) is 0 Å². The maximum atomic E-state index is 6.07. The quantitative estimate of drug-likeness (QED) is 0.852. The number of likely N-dealkylation sites (N-methyl/N-ethyl adjacent to an activating group) is 1. The van der Waals surface area contributed by atoms with Gasteiger partial charge in [-0.25, -0.2) is 0 Å². The molecular weight excluding hydrogens is 312 g/mol. The number of hydrogen-bond acceptors (Lipinski definition) is 2. The number of rotatable bonds is 6. The highest BCUT2D eigenvalue weighted by atomic mass is 79.9. The van der Waals surface area contributed by atoms with Gasteiger partial charge < -0.3 is 10.2 Å². The van der Waals surface area contributed by atoms with Crippen LogP contribution < -0.4 is 5.32 Å². The molecule has 1 unspecified atom stereocenters. The normalized spacial score (nSPS) is 13.3. The second-order valence-electron chi connectivity index (χ2n) is 5.15.